The molecule has 0 N–H and O–H groups in total. The summed E-state index contributed by atoms with van der Waals surface area (Å²) in [6.45, 7) is 3.21. The number of alkyl halides is 1. The molecule has 5 heteroatoms. The Labute approximate surface area is 119 Å². The molecule has 0 radical (unpaired) electrons. The molecule has 2 aromatic rings. The minimum Gasteiger partial charge on any atom is -0.359 e. The molecule has 1 aliphatic rings. The van der Waals surface area contributed by atoms with Crippen LogP contribution in [0.5, 0.6) is 0 Å². The van der Waals surface area contributed by atoms with Gasteiger partial charge in [-0.25, -0.2) is 9.97 Å². The van der Waals surface area contributed by atoms with Crippen LogP contribution in [-0.2, 0) is 0 Å². The van der Waals surface area contributed by atoms with Gasteiger partial charge in [0.25, 0.3) is 0 Å². The molecular weight excluding hydrogens is 310 g/mol. The van der Waals surface area contributed by atoms with E-state index in [1.54, 1.807) is 17.7 Å². The van der Waals surface area contributed by atoms with E-state index in [9.17, 15) is 0 Å². The van der Waals surface area contributed by atoms with E-state index in [2.05, 4.69) is 50.8 Å². The van der Waals surface area contributed by atoms with Gasteiger partial charge < -0.3 is 4.90 Å². The molecule has 0 bridgehead atoms. The van der Waals surface area contributed by atoms with E-state index in [-0.39, 0.29) is 0 Å². The lowest BCUT2D eigenvalue weighted by molar-refractivity contribution is 0.339. The van der Waals surface area contributed by atoms with E-state index in [0.717, 1.165) is 27.9 Å². The molecule has 18 heavy (non-hydrogen) atoms. The molecule has 2 heterocycles. The van der Waals surface area contributed by atoms with Crippen molar-refractivity contribution in [1.29, 1.82) is 0 Å². The SMILES string of the molecule is Cc1cc2c(N(C)CC3CC(Br)C3)ncnc2s1. The Balaban J connectivity index is 1.84. The van der Waals surface area contributed by atoms with Gasteiger partial charge in [-0.05, 0) is 31.7 Å². The summed E-state index contributed by atoms with van der Waals surface area (Å²) in [4.78, 5) is 14.2. The molecule has 1 aliphatic carbocycles. The first-order chi connectivity index (χ1) is 8.63. The van der Waals surface area contributed by atoms with Gasteiger partial charge in [-0.3, -0.25) is 0 Å². The summed E-state index contributed by atoms with van der Waals surface area (Å²) >= 11 is 5.38. The number of thiophene rings is 1. The van der Waals surface area contributed by atoms with Crippen molar-refractivity contribution in [3.8, 4) is 0 Å². The summed E-state index contributed by atoms with van der Waals surface area (Å²) in [5.74, 6) is 1.87. The summed E-state index contributed by atoms with van der Waals surface area (Å²) in [5.41, 5.74) is 0. The lowest BCUT2D eigenvalue weighted by atomic mass is 9.85. The molecule has 0 spiro atoms. The van der Waals surface area contributed by atoms with Crippen LogP contribution in [0.3, 0.4) is 0 Å². The van der Waals surface area contributed by atoms with Crippen LogP contribution in [0.1, 0.15) is 17.7 Å². The number of rotatable bonds is 3. The zero-order valence-electron chi connectivity index (χ0n) is 10.6. The zero-order chi connectivity index (χ0) is 12.7. The van der Waals surface area contributed by atoms with Crippen molar-refractivity contribution >= 4 is 43.3 Å². The third-order valence-electron chi connectivity index (χ3n) is 3.50. The Kier molecular flexibility index (Phi) is 3.28. The molecule has 3 rings (SSSR count). The monoisotopic (exact) mass is 325 g/mol. The van der Waals surface area contributed by atoms with E-state index in [0.29, 0.717) is 0 Å². The van der Waals surface area contributed by atoms with Crippen molar-refractivity contribution in [3.05, 3.63) is 17.3 Å². The van der Waals surface area contributed by atoms with Crippen molar-refractivity contribution in [2.24, 2.45) is 5.92 Å². The third-order valence-corrected chi connectivity index (χ3v) is 5.21. The van der Waals surface area contributed by atoms with Gasteiger partial charge in [0.15, 0.2) is 0 Å². The Morgan fingerprint density at radius 2 is 2.22 bits per heavy atom. The molecule has 0 aliphatic heterocycles. The van der Waals surface area contributed by atoms with Crippen LogP contribution in [-0.4, -0.2) is 28.4 Å². The van der Waals surface area contributed by atoms with Gasteiger partial charge in [0.2, 0.25) is 0 Å². The Hall–Kier alpha value is -0.680. The molecule has 96 valence electrons. The maximum Gasteiger partial charge on any atom is 0.140 e. The second-order valence-corrected chi connectivity index (χ2v) is 7.62. The highest BCUT2D eigenvalue weighted by Gasteiger charge is 2.28. The molecule has 0 unspecified atom stereocenters. The molecular formula is C13H16BrN3S. The Bertz CT molecular complexity index is 562. The van der Waals surface area contributed by atoms with Crippen molar-refractivity contribution < 1.29 is 0 Å². The maximum atomic E-state index is 4.46. The van der Waals surface area contributed by atoms with Crippen molar-refractivity contribution in [2.75, 3.05) is 18.5 Å². The largest absolute Gasteiger partial charge is 0.359 e. The van der Waals surface area contributed by atoms with E-state index in [1.807, 2.05) is 0 Å². The summed E-state index contributed by atoms with van der Waals surface area (Å²) in [5, 5.41) is 1.19. The van der Waals surface area contributed by atoms with Crippen LogP contribution in [0.4, 0.5) is 5.82 Å². The lowest BCUT2D eigenvalue weighted by Crippen LogP contribution is -2.35. The number of anilines is 1. The lowest BCUT2D eigenvalue weighted by Gasteiger charge is -2.34. The van der Waals surface area contributed by atoms with E-state index >= 15 is 0 Å². The first-order valence-corrected chi connectivity index (χ1v) is 7.93. The predicted molar refractivity (Wildman–Crippen MR) is 80.9 cm³/mol. The number of nitrogens with zero attached hydrogens (tertiary/aromatic N) is 3. The van der Waals surface area contributed by atoms with E-state index < -0.39 is 0 Å². The molecule has 0 saturated heterocycles. The van der Waals surface area contributed by atoms with Gasteiger partial charge in [-0.1, -0.05) is 15.9 Å². The minimum absolute atomic E-state index is 0.727. The van der Waals surface area contributed by atoms with Gasteiger partial charge in [0.1, 0.15) is 17.0 Å². The second kappa shape index (κ2) is 4.78. The quantitative estimate of drug-likeness (QED) is 0.807. The predicted octanol–water partition coefficient (Wildman–Crippen LogP) is 3.61. The van der Waals surface area contributed by atoms with Gasteiger partial charge in [-0.2, -0.15) is 0 Å². The van der Waals surface area contributed by atoms with Crippen LogP contribution in [0.2, 0.25) is 0 Å². The zero-order valence-corrected chi connectivity index (χ0v) is 13.0. The standard InChI is InChI=1S/C13H16BrN3S/c1-8-3-11-12(15-7-16-13(11)18-8)17(2)6-9-4-10(14)5-9/h3,7,9-10H,4-6H2,1-2H3. The highest BCUT2D eigenvalue weighted by molar-refractivity contribution is 9.09. The first-order valence-electron chi connectivity index (χ1n) is 6.20. The third kappa shape index (κ3) is 2.26. The number of halogens is 1. The fraction of sp³-hybridized carbons (Fsp3) is 0.538. The summed E-state index contributed by atoms with van der Waals surface area (Å²) in [7, 11) is 2.14. The average molecular weight is 326 g/mol. The van der Waals surface area contributed by atoms with Crippen LogP contribution in [0.15, 0.2) is 12.4 Å². The van der Waals surface area contributed by atoms with Crippen LogP contribution in [0, 0.1) is 12.8 Å². The molecule has 0 aromatic carbocycles. The van der Waals surface area contributed by atoms with Gasteiger partial charge in [0, 0.05) is 23.3 Å². The maximum absolute atomic E-state index is 4.46. The van der Waals surface area contributed by atoms with Crippen molar-refractivity contribution in [1.82, 2.24) is 9.97 Å². The molecule has 0 atom stereocenters. The number of aromatic nitrogens is 2. The summed E-state index contributed by atoms with van der Waals surface area (Å²) in [6.07, 6.45) is 4.24. The van der Waals surface area contributed by atoms with E-state index in [4.69, 9.17) is 0 Å². The molecule has 1 fully saturated rings. The first kappa shape index (κ1) is 12.4. The number of hydrogen-bond donors (Lipinski definition) is 0. The molecule has 1 saturated carbocycles. The highest BCUT2D eigenvalue weighted by Crippen LogP contribution is 2.35. The fourth-order valence-corrected chi connectivity index (χ4v) is 4.44. The topological polar surface area (TPSA) is 29.0 Å². The summed E-state index contributed by atoms with van der Waals surface area (Å²) in [6, 6.07) is 2.19. The van der Waals surface area contributed by atoms with Crippen LogP contribution < -0.4 is 4.90 Å². The van der Waals surface area contributed by atoms with E-state index in [1.165, 1.54) is 23.1 Å². The average Bonchev–Trinajstić information content (AvgIpc) is 2.66. The van der Waals surface area contributed by atoms with Crippen LogP contribution in [0.25, 0.3) is 10.2 Å². The van der Waals surface area contributed by atoms with Crippen molar-refractivity contribution in [2.45, 2.75) is 24.6 Å². The molecule has 0 amide bonds. The Morgan fingerprint density at radius 1 is 1.44 bits per heavy atom. The smallest absolute Gasteiger partial charge is 0.140 e. The minimum atomic E-state index is 0.727. The number of hydrogen-bond acceptors (Lipinski definition) is 4. The fourth-order valence-electron chi connectivity index (χ4n) is 2.54. The summed E-state index contributed by atoms with van der Waals surface area (Å²) < 4.78 is 0. The van der Waals surface area contributed by atoms with Gasteiger partial charge >= 0.3 is 0 Å². The number of fused-ring (bicyclic) bond motifs is 1. The van der Waals surface area contributed by atoms with Gasteiger partial charge in [-0.15, -0.1) is 11.3 Å². The number of aryl methyl sites for hydroxylation is 1. The van der Waals surface area contributed by atoms with Gasteiger partial charge in [0.05, 0.1) is 5.39 Å². The second-order valence-electron chi connectivity index (χ2n) is 5.09. The highest BCUT2D eigenvalue weighted by atomic mass is 79.9. The molecule has 2 aromatic heterocycles. The van der Waals surface area contributed by atoms with Crippen molar-refractivity contribution in [3.63, 3.8) is 0 Å². The Morgan fingerprint density at radius 3 is 2.94 bits per heavy atom. The molecule has 3 nitrogen and oxygen atoms in total. The normalized spacial score (nSPS) is 23.1. The van der Waals surface area contributed by atoms with Crippen LogP contribution >= 0.6 is 27.3 Å².